The average molecular weight is 368 g/mol. The highest BCUT2D eigenvalue weighted by Crippen LogP contribution is 2.43. The maximum absolute atomic E-state index is 12.8. The van der Waals surface area contributed by atoms with Gasteiger partial charge in [-0.1, -0.05) is 0 Å². The molecule has 1 saturated heterocycles. The monoisotopic (exact) mass is 368 g/mol. The van der Waals surface area contributed by atoms with Gasteiger partial charge in [0.25, 0.3) is 0 Å². The van der Waals surface area contributed by atoms with Gasteiger partial charge in [0.1, 0.15) is 17.0 Å². The van der Waals surface area contributed by atoms with Gasteiger partial charge in [-0.3, -0.25) is 9.48 Å². The number of rotatable bonds is 4. The lowest BCUT2D eigenvalue weighted by atomic mass is 10.0. The number of nitrogens with zero attached hydrogens (tertiary/aromatic N) is 5. The summed E-state index contributed by atoms with van der Waals surface area (Å²) < 4.78 is 1.87. The van der Waals surface area contributed by atoms with E-state index >= 15 is 0 Å². The maximum atomic E-state index is 12.8. The molecule has 2 fully saturated rings. The predicted octanol–water partition coefficient (Wildman–Crippen LogP) is 2.65. The largest absolute Gasteiger partial charge is 0.364 e. The summed E-state index contributed by atoms with van der Waals surface area (Å²) in [6.45, 7) is 2.07. The normalized spacial score (nSPS) is 23.2. The average Bonchev–Trinajstić information content (AvgIpc) is 3.13. The van der Waals surface area contributed by atoms with Crippen molar-refractivity contribution in [1.82, 2.24) is 24.6 Å². The molecule has 1 aliphatic carbocycles. The van der Waals surface area contributed by atoms with Gasteiger partial charge in [0.05, 0.1) is 23.2 Å². The first-order chi connectivity index (χ1) is 12.6. The molecule has 1 aliphatic heterocycles. The summed E-state index contributed by atoms with van der Waals surface area (Å²) in [5.41, 5.74) is 2.22. The number of fused-ring (bicyclic) bond motifs is 1. The third-order valence-corrected chi connectivity index (χ3v) is 6.35. The molecule has 0 unspecified atom stereocenters. The SMILES string of the molecule is Cc1csc2ncnc(N[C@@H]3CC(=O)N(C4CC4)[C@H]3c3ccnn3C)c12. The van der Waals surface area contributed by atoms with Crippen LogP contribution in [0.3, 0.4) is 0 Å². The number of carbonyl (C=O) groups is 1. The number of aromatic nitrogens is 4. The zero-order valence-corrected chi connectivity index (χ0v) is 15.5. The van der Waals surface area contributed by atoms with Crippen LogP contribution in [-0.4, -0.2) is 42.6 Å². The summed E-state index contributed by atoms with van der Waals surface area (Å²) in [4.78, 5) is 24.7. The molecular formula is C18H20N6OS. The van der Waals surface area contributed by atoms with E-state index in [0.29, 0.717) is 12.5 Å². The molecule has 1 amide bonds. The molecule has 3 aromatic rings. The fourth-order valence-corrected chi connectivity index (χ4v) is 4.88. The van der Waals surface area contributed by atoms with Crippen molar-refractivity contribution in [3.05, 3.63) is 35.2 Å². The number of aryl methyl sites for hydroxylation is 2. The Balaban J connectivity index is 1.55. The molecule has 5 rings (SSSR count). The number of hydrogen-bond donors (Lipinski definition) is 1. The third-order valence-electron chi connectivity index (χ3n) is 5.34. The first-order valence-electron chi connectivity index (χ1n) is 8.88. The van der Waals surface area contributed by atoms with Gasteiger partial charge in [-0.25, -0.2) is 9.97 Å². The van der Waals surface area contributed by atoms with Crippen molar-refractivity contribution in [1.29, 1.82) is 0 Å². The van der Waals surface area contributed by atoms with E-state index in [2.05, 4.69) is 37.6 Å². The zero-order valence-electron chi connectivity index (χ0n) is 14.7. The van der Waals surface area contributed by atoms with E-state index < -0.39 is 0 Å². The fourth-order valence-electron chi connectivity index (χ4n) is 3.99. The van der Waals surface area contributed by atoms with E-state index in [1.54, 1.807) is 23.9 Å². The van der Waals surface area contributed by atoms with E-state index in [1.165, 1.54) is 0 Å². The van der Waals surface area contributed by atoms with Gasteiger partial charge < -0.3 is 10.2 Å². The Labute approximate surface area is 155 Å². The Hall–Kier alpha value is -2.48. The summed E-state index contributed by atoms with van der Waals surface area (Å²) in [6.07, 6.45) is 6.05. The molecule has 0 bridgehead atoms. The highest BCUT2D eigenvalue weighted by atomic mass is 32.1. The fraction of sp³-hybridized carbons (Fsp3) is 0.444. The second-order valence-electron chi connectivity index (χ2n) is 7.13. The highest BCUT2D eigenvalue weighted by molar-refractivity contribution is 7.17. The maximum Gasteiger partial charge on any atom is 0.225 e. The van der Waals surface area contributed by atoms with Crippen LogP contribution in [0.15, 0.2) is 24.0 Å². The van der Waals surface area contributed by atoms with E-state index in [0.717, 1.165) is 40.1 Å². The van der Waals surface area contributed by atoms with Crippen molar-refractivity contribution in [3.63, 3.8) is 0 Å². The van der Waals surface area contributed by atoms with Gasteiger partial charge in [0, 0.05) is 25.7 Å². The highest BCUT2D eigenvalue weighted by Gasteiger charge is 2.48. The molecule has 3 aromatic heterocycles. The summed E-state index contributed by atoms with van der Waals surface area (Å²) in [5.74, 6) is 1.03. The van der Waals surface area contributed by atoms with Crippen LogP contribution in [0, 0.1) is 6.92 Å². The molecule has 0 aromatic carbocycles. The number of nitrogens with one attached hydrogen (secondary N) is 1. The number of anilines is 1. The van der Waals surface area contributed by atoms with Gasteiger partial charge in [0.2, 0.25) is 5.91 Å². The minimum Gasteiger partial charge on any atom is -0.364 e. The van der Waals surface area contributed by atoms with E-state index in [1.807, 2.05) is 17.8 Å². The summed E-state index contributed by atoms with van der Waals surface area (Å²) >= 11 is 1.62. The number of likely N-dealkylation sites (tertiary alicyclic amines) is 1. The summed E-state index contributed by atoms with van der Waals surface area (Å²) in [6, 6.07) is 2.32. The topological polar surface area (TPSA) is 75.9 Å². The smallest absolute Gasteiger partial charge is 0.225 e. The molecule has 1 N–H and O–H groups in total. The number of thiophene rings is 1. The van der Waals surface area contributed by atoms with Gasteiger partial charge in [-0.15, -0.1) is 11.3 Å². The van der Waals surface area contributed by atoms with E-state index in [-0.39, 0.29) is 18.0 Å². The predicted molar refractivity (Wildman–Crippen MR) is 100.0 cm³/mol. The third kappa shape index (κ3) is 2.39. The second kappa shape index (κ2) is 5.77. The number of carbonyl (C=O) groups excluding carboxylic acids is 1. The first-order valence-corrected chi connectivity index (χ1v) is 9.76. The standard InChI is InChI=1S/C18H20N6OS/c1-10-8-26-18-15(10)17(19-9-20-18)22-12-7-14(25)24(11-3-4-11)16(12)13-5-6-21-23(13)2/h5-6,8-9,11-12,16H,3-4,7H2,1-2H3,(H,19,20,22)/t12-,16-/m1/s1. The molecule has 4 heterocycles. The second-order valence-corrected chi connectivity index (χ2v) is 7.99. The van der Waals surface area contributed by atoms with E-state index in [9.17, 15) is 4.79 Å². The van der Waals surface area contributed by atoms with Crippen molar-refractivity contribution in [2.45, 2.75) is 44.3 Å². The van der Waals surface area contributed by atoms with Gasteiger partial charge in [0.15, 0.2) is 0 Å². The molecule has 2 aliphatic rings. The van der Waals surface area contributed by atoms with Crippen LogP contribution < -0.4 is 5.32 Å². The lowest BCUT2D eigenvalue weighted by Gasteiger charge is -2.29. The van der Waals surface area contributed by atoms with Crippen LogP contribution in [0.4, 0.5) is 5.82 Å². The molecule has 0 spiro atoms. The van der Waals surface area contributed by atoms with Crippen LogP contribution in [0.25, 0.3) is 10.2 Å². The molecule has 2 atom stereocenters. The van der Waals surface area contributed by atoms with Crippen molar-refractivity contribution < 1.29 is 4.79 Å². The Kier molecular flexibility index (Phi) is 3.49. The molecule has 8 heteroatoms. The molecular weight excluding hydrogens is 348 g/mol. The minimum atomic E-state index is -0.0316. The molecule has 26 heavy (non-hydrogen) atoms. The Morgan fingerprint density at radius 2 is 2.15 bits per heavy atom. The molecule has 1 saturated carbocycles. The Morgan fingerprint density at radius 3 is 2.88 bits per heavy atom. The van der Waals surface area contributed by atoms with Crippen LogP contribution in [0.1, 0.15) is 36.6 Å². The van der Waals surface area contributed by atoms with Crippen LogP contribution >= 0.6 is 11.3 Å². The Morgan fingerprint density at radius 1 is 1.31 bits per heavy atom. The van der Waals surface area contributed by atoms with E-state index in [4.69, 9.17) is 0 Å². The lowest BCUT2D eigenvalue weighted by Crippen LogP contribution is -2.35. The van der Waals surface area contributed by atoms with Gasteiger partial charge >= 0.3 is 0 Å². The van der Waals surface area contributed by atoms with Gasteiger partial charge in [-0.2, -0.15) is 5.10 Å². The first kappa shape index (κ1) is 15.7. The summed E-state index contributed by atoms with van der Waals surface area (Å²) in [5, 5.41) is 11.0. The molecule has 0 radical (unpaired) electrons. The quantitative estimate of drug-likeness (QED) is 0.766. The lowest BCUT2D eigenvalue weighted by molar-refractivity contribution is -0.129. The van der Waals surface area contributed by atoms with Crippen molar-refractivity contribution in [2.75, 3.05) is 5.32 Å². The summed E-state index contributed by atoms with van der Waals surface area (Å²) in [7, 11) is 1.94. The van der Waals surface area contributed by atoms with Crippen LogP contribution in [0.5, 0.6) is 0 Å². The zero-order chi connectivity index (χ0) is 17.8. The van der Waals surface area contributed by atoms with Crippen molar-refractivity contribution in [3.8, 4) is 0 Å². The van der Waals surface area contributed by atoms with Crippen molar-refractivity contribution in [2.24, 2.45) is 7.05 Å². The Bertz CT molecular complexity index is 991. The van der Waals surface area contributed by atoms with Gasteiger partial charge in [-0.05, 0) is 36.8 Å². The van der Waals surface area contributed by atoms with Crippen LogP contribution in [-0.2, 0) is 11.8 Å². The molecule has 134 valence electrons. The minimum absolute atomic E-state index is 0.0218. The van der Waals surface area contributed by atoms with Crippen LogP contribution in [0.2, 0.25) is 0 Å². The van der Waals surface area contributed by atoms with Crippen molar-refractivity contribution >= 4 is 33.3 Å². The number of amides is 1. The number of hydrogen-bond acceptors (Lipinski definition) is 6. The molecule has 7 nitrogen and oxygen atoms in total.